The summed E-state index contributed by atoms with van der Waals surface area (Å²) >= 11 is 0. The number of aliphatic hydroxyl groups is 1. The third-order valence-electron chi connectivity index (χ3n) is 9.19. The van der Waals surface area contributed by atoms with Gasteiger partial charge in [0.1, 0.15) is 0 Å². The van der Waals surface area contributed by atoms with Crippen molar-refractivity contribution in [2.75, 3.05) is 0 Å². The molecule has 7 atom stereocenters. The van der Waals surface area contributed by atoms with Crippen molar-refractivity contribution >= 4 is 0 Å². The molecule has 4 heteroatoms. The summed E-state index contributed by atoms with van der Waals surface area (Å²) in [5.41, 5.74) is 0.0314. The van der Waals surface area contributed by atoms with E-state index in [1.54, 1.807) is 0 Å². The molecule has 1 heterocycles. The van der Waals surface area contributed by atoms with Crippen LogP contribution in [0.2, 0.25) is 0 Å². The molecule has 4 nitrogen and oxygen atoms in total. The van der Waals surface area contributed by atoms with Gasteiger partial charge in [0.15, 0.2) is 0 Å². The Morgan fingerprint density at radius 1 is 1.12 bits per heavy atom. The molecule has 25 heavy (non-hydrogen) atoms. The van der Waals surface area contributed by atoms with Gasteiger partial charge in [-0.3, -0.25) is 9.89 Å². The van der Waals surface area contributed by atoms with Gasteiger partial charge in [-0.25, -0.2) is 0 Å². The van der Waals surface area contributed by atoms with Crippen LogP contribution in [0.1, 0.15) is 74.6 Å². The van der Waals surface area contributed by atoms with Gasteiger partial charge < -0.3 is 10.2 Å². The molecule has 0 amide bonds. The average Bonchev–Trinajstić information content (AvgIpc) is 3.10. The summed E-state index contributed by atoms with van der Waals surface area (Å²) < 4.78 is 24.1. The van der Waals surface area contributed by atoms with E-state index in [9.17, 15) is 9.90 Å². The summed E-state index contributed by atoms with van der Waals surface area (Å²) in [6.45, 7) is 2.08. The van der Waals surface area contributed by atoms with Crippen LogP contribution in [0, 0.1) is 34.5 Å². The van der Waals surface area contributed by atoms with Crippen LogP contribution in [0.15, 0.2) is 4.79 Å². The zero-order chi connectivity index (χ0) is 20.1. The maximum atomic E-state index is 12.3. The number of hydrogen-bond acceptors (Lipinski definition) is 2. The Balaban J connectivity index is 1.51. The van der Waals surface area contributed by atoms with Crippen molar-refractivity contribution in [1.82, 2.24) is 10.2 Å². The number of H-pyrrole nitrogens is 2. The molecule has 0 aromatic carbocycles. The lowest BCUT2D eigenvalue weighted by Crippen LogP contribution is -2.56. The Labute approximate surface area is 154 Å². The zero-order valence-corrected chi connectivity index (χ0v) is 15.3. The topological polar surface area (TPSA) is 68.9 Å². The first-order chi connectivity index (χ1) is 13.0. The molecule has 0 radical (unpaired) electrons. The quantitative estimate of drug-likeness (QED) is 0.673. The number of fused-ring (bicyclic) bond motifs is 6. The molecule has 3 N–H and O–H groups in total. The molecule has 3 fully saturated rings. The van der Waals surface area contributed by atoms with E-state index in [1.807, 2.05) is 6.92 Å². The van der Waals surface area contributed by atoms with Crippen molar-refractivity contribution in [2.24, 2.45) is 34.5 Å². The van der Waals surface area contributed by atoms with Gasteiger partial charge in [-0.15, -0.1) is 0 Å². The van der Waals surface area contributed by atoms with Crippen molar-refractivity contribution in [1.29, 1.82) is 0 Å². The first kappa shape index (κ1) is 13.2. The molecule has 4 aliphatic carbocycles. The van der Waals surface area contributed by atoms with Crippen LogP contribution in [0.25, 0.3) is 0 Å². The van der Waals surface area contributed by atoms with E-state index in [1.165, 1.54) is 0 Å². The zero-order valence-electron chi connectivity index (χ0n) is 18.3. The van der Waals surface area contributed by atoms with Gasteiger partial charge >= 0.3 is 0 Å². The van der Waals surface area contributed by atoms with E-state index >= 15 is 0 Å². The molecular weight excluding hydrogens is 312 g/mol. The molecule has 4 aliphatic rings. The fraction of sp³-hybridized carbons (Fsp3) is 0.857. The Morgan fingerprint density at radius 3 is 2.72 bits per heavy atom. The predicted octanol–water partition coefficient (Wildman–Crippen LogP) is 3.41. The van der Waals surface area contributed by atoms with E-state index in [-0.39, 0.29) is 16.9 Å². The highest BCUT2D eigenvalue weighted by Gasteiger charge is 2.63. The van der Waals surface area contributed by atoms with E-state index in [4.69, 9.17) is 4.11 Å². The lowest BCUT2D eigenvalue weighted by Gasteiger charge is -2.60. The number of aromatic amines is 2. The van der Waals surface area contributed by atoms with Crippen LogP contribution in [0.3, 0.4) is 0 Å². The van der Waals surface area contributed by atoms with Crippen molar-refractivity contribution in [3.8, 4) is 0 Å². The minimum absolute atomic E-state index is 0.0232. The third-order valence-corrected chi connectivity index (χ3v) is 9.19. The second kappa shape index (κ2) is 4.82. The average molecular weight is 348 g/mol. The van der Waals surface area contributed by atoms with Gasteiger partial charge in [-0.1, -0.05) is 13.8 Å². The summed E-state index contributed by atoms with van der Waals surface area (Å²) in [6, 6.07) is 0. The standard InChI is InChI=1S/C21H32N2O2/c1-19-11-14-17(22-23-18(14)24)10-12(19)4-5-13-15(19)6-8-20(2)16(13)7-9-21(20,3)25/h12-13,15-16,25H,4-11H2,1-3H3,(H2,22,23,24)/t12-,13+,15-,16-,19-,20-,21-/m0/s1/i3D3. The van der Waals surface area contributed by atoms with Crippen LogP contribution in [-0.4, -0.2) is 20.9 Å². The van der Waals surface area contributed by atoms with Crippen LogP contribution in [-0.2, 0) is 12.8 Å². The van der Waals surface area contributed by atoms with E-state index in [0.717, 1.165) is 56.2 Å². The fourth-order valence-electron chi connectivity index (χ4n) is 7.57. The first-order valence-electron chi connectivity index (χ1n) is 11.5. The lowest BCUT2D eigenvalue weighted by molar-refractivity contribution is -0.139. The predicted molar refractivity (Wildman–Crippen MR) is 97.3 cm³/mol. The van der Waals surface area contributed by atoms with Crippen LogP contribution in [0.4, 0.5) is 0 Å². The SMILES string of the molecule is [2H]C([2H])([2H])[C@]1(O)CC[C@H]2[C@@H]3CC[C@H]4Cc5[nH][nH]c(=O)c5C[C@]4(C)[C@H]3CC[C@@]21C. The van der Waals surface area contributed by atoms with Crippen LogP contribution in [0.5, 0.6) is 0 Å². The normalized spacial score (nSPS) is 53.6. The van der Waals surface area contributed by atoms with Crippen molar-refractivity contribution in [2.45, 2.75) is 77.7 Å². The molecule has 5 rings (SSSR count). The maximum Gasteiger partial charge on any atom is 0.267 e. The van der Waals surface area contributed by atoms with Crippen molar-refractivity contribution < 1.29 is 9.22 Å². The van der Waals surface area contributed by atoms with Gasteiger partial charge in [0.25, 0.3) is 5.56 Å². The monoisotopic (exact) mass is 347 g/mol. The second-order valence-corrected chi connectivity index (χ2v) is 9.93. The molecule has 3 saturated carbocycles. The first-order valence-corrected chi connectivity index (χ1v) is 10.0. The van der Waals surface area contributed by atoms with Gasteiger partial charge in [-0.05, 0) is 92.7 Å². The highest BCUT2D eigenvalue weighted by Crippen LogP contribution is 2.67. The van der Waals surface area contributed by atoms with Gasteiger partial charge in [0.05, 0.1) is 5.60 Å². The van der Waals surface area contributed by atoms with Gasteiger partial charge in [0, 0.05) is 15.4 Å². The smallest absolute Gasteiger partial charge is 0.267 e. The lowest BCUT2D eigenvalue weighted by atomic mass is 9.44. The fourth-order valence-corrected chi connectivity index (χ4v) is 7.57. The second-order valence-electron chi connectivity index (χ2n) is 9.93. The summed E-state index contributed by atoms with van der Waals surface area (Å²) in [7, 11) is 0. The number of hydrogen-bond donors (Lipinski definition) is 3. The minimum Gasteiger partial charge on any atom is -0.390 e. The molecule has 0 unspecified atom stereocenters. The molecular formula is C21H32N2O2. The maximum absolute atomic E-state index is 12.3. The van der Waals surface area contributed by atoms with Gasteiger partial charge in [0.2, 0.25) is 0 Å². The van der Waals surface area contributed by atoms with Crippen molar-refractivity contribution in [3.05, 3.63) is 21.6 Å². The Bertz CT molecular complexity index is 861. The summed E-state index contributed by atoms with van der Waals surface area (Å²) in [5, 5.41) is 17.2. The van der Waals surface area contributed by atoms with E-state index in [0.29, 0.717) is 24.2 Å². The summed E-state index contributed by atoms with van der Waals surface area (Å²) in [4.78, 5) is 12.3. The number of nitrogens with one attached hydrogen (secondary N) is 2. The summed E-state index contributed by atoms with van der Waals surface area (Å²) in [5.74, 6) is 1.79. The third kappa shape index (κ3) is 1.90. The van der Waals surface area contributed by atoms with E-state index in [2.05, 4.69) is 17.1 Å². The molecule has 0 bridgehead atoms. The molecule has 0 spiro atoms. The van der Waals surface area contributed by atoms with E-state index < -0.39 is 17.9 Å². The van der Waals surface area contributed by atoms with Gasteiger partial charge in [-0.2, -0.15) is 0 Å². The number of rotatable bonds is 0. The van der Waals surface area contributed by atoms with Crippen LogP contribution < -0.4 is 5.56 Å². The largest absolute Gasteiger partial charge is 0.390 e. The number of aromatic nitrogens is 2. The molecule has 1 aromatic rings. The molecule has 0 aliphatic heterocycles. The highest BCUT2D eigenvalue weighted by molar-refractivity contribution is 5.26. The van der Waals surface area contributed by atoms with Crippen molar-refractivity contribution in [3.63, 3.8) is 0 Å². The molecule has 138 valence electrons. The molecule has 0 saturated heterocycles. The Kier molecular flexibility index (Phi) is 2.54. The highest BCUT2D eigenvalue weighted by atomic mass is 16.3. The molecule has 1 aromatic heterocycles. The Hall–Kier alpha value is -1.03. The summed E-state index contributed by atoms with van der Waals surface area (Å²) in [6.07, 6.45) is 6.93. The Morgan fingerprint density at radius 2 is 1.92 bits per heavy atom. The van der Waals surface area contributed by atoms with Crippen LogP contribution >= 0.6 is 0 Å². The minimum atomic E-state index is -2.33.